The summed E-state index contributed by atoms with van der Waals surface area (Å²) in [5.74, 6) is 1.73. The van der Waals surface area contributed by atoms with Gasteiger partial charge in [0.25, 0.3) is 0 Å². The summed E-state index contributed by atoms with van der Waals surface area (Å²) in [5, 5.41) is 7.12. The van der Waals surface area contributed by atoms with Crippen molar-refractivity contribution in [1.82, 2.24) is 5.01 Å². The third kappa shape index (κ3) is 3.01. The lowest BCUT2D eigenvalue weighted by molar-refractivity contribution is -0.0191. The Bertz CT molecular complexity index is 1080. The molecule has 1 aromatic heterocycles. The second kappa shape index (κ2) is 6.94. The number of nitrogens with zero attached hydrogens (tertiary/aromatic N) is 2. The fourth-order valence-corrected chi connectivity index (χ4v) is 5.05. The Kier molecular flexibility index (Phi) is 4.40. The van der Waals surface area contributed by atoms with E-state index < -0.39 is 0 Å². The molecule has 2 aliphatic heterocycles. The van der Waals surface area contributed by atoms with Crippen LogP contribution in [0.3, 0.4) is 0 Å². The monoisotopic (exact) mass is 454 g/mol. The average Bonchev–Trinajstić information content (AvgIpc) is 3.34. The molecule has 6 heteroatoms. The number of ether oxygens (including phenoxy) is 2. The van der Waals surface area contributed by atoms with E-state index in [2.05, 4.69) is 52.1 Å². The molecule has 0 fully saturated rings. The van der Waals surface area contributed by atoms with Crippen LogP contribution in [-0.2, 0) is 0 Å². The first kappa shape index (κ1) is 17.8. The summed E-state index contributed by atoms with van der Waals surface area (Å²) < 4.78 is 12.9. The minimum atomic E-state index is -0.285. The fraction of sp³-hybridized carbons (Fsp3) is 0.227. The lowest BCUT2D eigenvalue weighted by atomic mass is 9.97. The number of benzene rings is 2. The van der Waals surface area contributed by atoms with Crippen LogP contribution in [0.2, 0.25) is 0 Å². The molecule has 2 aliphatic rings. The van der Waals surface area contributed by atoms with Crippen LogP contribution in [0.5, 0.6) is 11.5 Å². The zero-order chi connectivity index (χ0) is 19.3. The SMILES string of the molecule is COc1cccc([C@@H]2Oc3ccc(Br)cc3[C@@H]3CC(c4ccc(C)s4)=NN32)c1. The highest BCUT2D eigenvalue weighted by atomic mass is 79.9. The molecule has 0 unspecified atom stereocenters. The van der Waals surface area contributed by atoms with Crippen molar-refractivity contribution < 1.29 is 9.47 Å². The Morgan fingerprint density at radius 3 is 2.86 bits per heavy atom. The molecule has 3 heterocycles. The molecule has 3 aromatic rings. The number of hydrogen-bond donors (Lipinski definition) is 0. The van der Waals surface area contributed by atoms with Gasteiger partial charge in [-0.15, -0.1) is 11.3 Å². The first-order valence-electron chi connectivity index (χ1n) is 9.15. The smallest absolute Gasteiger partial charge is 0.214 e. The largest absolute Gasteiger partial charge is 0.497 e. The van der Waals surface area contributed by atoms with Crippen molar-refractivity contribution >= 4 is 33.0 Å². The molecule has 0 saturated carbocycles. The summed E-state index contributed by atoms with van der Waals surface area (Å²) in [5.41, 5.74) is 3.32. The summed E-state index contributed by atoms with van der Waals surface area (Å²) in [6.45, 7) is 2.13. The molecule has 0 N–H and O–H groups in total. The van der Waals surface area contributed by atoms with Gasteiger partial charge in [-0.1, -0.05) is 28.1 Å². The Morgan fingerprint density at radius 2 is 2.07 bits per heavy atom. The number of rotatable bonds is 3. The maximum absolute atomic E-state index is 6.42. The van der Waals surface area contributed by atoms with Gasteiger partial charge in [0.1, 0.15) is 11.5 Å². The van der Waals surface area contributed by atoms with E-state index >= 15 is 0 Å². The number of thiophene rings is 1. The Hall–Kier alpha value is -2.31. The van der Waals surface area contributed by atoms with Gasteiger partial charge in [-0.3, -0.25) is 0 Å². The second-order valence-electron chi connectivity index (χ2n) is 6.99. The molecule has 0 radical (unpaired) electrons. The Morgan fingerprint density at radius 1 is 1.18 bits per heavy atom. The van der Waals surface area contributed by atoms with Gasteiger partial charge in [0.2, 0.25) is 6.23 Å². The van der Waals surface area contributed by atoms with E-state index in [0.29, 0.717) is 0 Å². The van der Waals surface area contributed by atoms with Gasteiger partial charge in [0, 0.05) is 26.9 Å². The van der Waals surface area contributed by atoms with E-state index in [-0.39, 0.29) is 12.3 Å². The van der Waals surface area contributed by atoms with Crippen LogP contribution in [0.4, 0.5) is 0 Å². The van der Waals surface area contributed by atoms with Crippen molar-refractivity contribution in [3.05, 3.63) is 80.0 Å². The quantitative estimate of drug-likeness (QED) is 0.481. The molecule has 5 rings (SSSR count). The van der Waals surface area contributed by atoms with Crippen molar-refractivity contribution in [3.63, 3.8) is 0 Å². The molecular formula is C22H19BrN2O2S. The zero-order valence-corrected chi connectivity index (χ0v) is 18.0. The van der Waals surface area contributed by atoms with Crippen LogP contribution in [0.15, 0.2) is 64.2 Å². The summed E-state index contributed by atoms with van der Waals surface area (Å²) in [6.07, 6.45) is 0.583. The van der Waals surface area contributed by atoms with Crippen LogP contribution in [-0.4, -0.2) is 17.8 Å². The normalized spacial score (nSPS) is 20.2. The number of aryl methyl sites for hydroxylation is 1. The molecule has 4 nitrogen and oxygen atoms in total. The van der Waals surface area contributed by atoms with Crippen LogP contribution in [0.25, 0.3) is 0 Å². The molecule has 2 atom stereocenters. The van der Waals surface area contributed by atoms with Crippen LogP contribution >= 0.6 is 27.3 Å². The van der Waals surface area contributed by atoms with Gasteiger partial charge >= 0.3 is 0 Å². The average molecular weight is 455 g/mol. The van der Waals surface area contributed by atoms with Gasteiger partial charge in [-0.05, 0) is 49.4 Å². The molecule has 0 aliphatic carbocycles. The van der Waals surface area contributed by atoms with Gasteiger partial charge in [-0.2, -0.15) is 5.10 Å². The molecule has 0 amide bonds. The van der Waals surface area contributed by atoms with Crippen LogP contribution in [0.1, 0.15) is 39.6 Å². The van der Waals surface area contributed by atoms with E-state index in [4.69, 9.17) is 14.6 Å². The van der Waals surface area contributed by atoms with Crippen molar-refractivity contribution in [2.75, 3.05) is 7.11 Å². The maximum Gasteiger partial charge on any atom is 0.214 e. The van der Waals surface area contributed by atoms with Crippen molar-refractivity contribution in [1.29, 1.82) is 0 Å². The molecule has 2 aromatic carbocycles. The topological polar surface area (TPSA) is 34.1 Å². The van der Waals surface area contributed by atoms with Crippen molar-refractivity contribution in [2.45, 2.75) is 25.6 Å². The number of halogens is 1. The summed E-state index contributed by atoms with van der Waals surface area (Å²) >= 11 is 5.39. The van der Waals surface area contributed by atoms with Crippen molar-refractivity contribution in [3.8, 4) is 11.5 Å². The summed E-state index contributed by atoms with van der Waals surface area (Å²) in [4.78, 5) is 2.53. The van der Waals surface area contributed by atoms with E-state index in [1.54, 1.807) is 18.4 Å². The predicted molar refractivity (Wildman–Crippen MR) is 115 cm³/mol. The first-order chi connectivity index (χ1) is 13.6. The van der Waals surface area contributed by atoms with E-state index in [1.807, 2.05) is 30.3 Å². The van der Waals surface area contributed by atoms with Gasteiger partial charge < -0.3 is 9.47 Å². The molecule has 28 heavy (non-hydrogen) atoms. The number of hydrogen-bond acceptors (Lipinski definition) is 5. The highest BCUT2D eigenvalue weighted by Gasteiger charge is 2.41. The highest BCUT2D eigenvalue weighted by molar-refractivity contribution is 9.10. The van der Waals surface area contributed by atoms with Crippen LogP contribution < -0.4 is 9.47 Å². The number of fused-ring (bicyclic) bond motifs is 3. The lowest BCUT2D eigenvalue weighted by Crippen LogP contribution is -2.33. The Balaban J connectivity index is 1.61. The fourth-order valence-electron chi connectivity index (χ4n) is 3.81. The minimum Gasteiger partial charge on any atom is -0.497 e. The standard InChI is InChI=1S/C22H19BrN2O2S/c1-13-6-9-21(28-13)18-12-19-17-11-15(23)7-8-20(17)27-22(25(19)24-18)14-4-3-5-16(10-14)26-2/h3-11,19,22H,12H2,1-2H3/t19-,22-/m0/s1. The van der Waals surface area contributed by atoms with Crippen molar-refractivity contribution in [2.24, 2.45) is 5.10 Å². The van der Waals surface area contributed by atoms with Gasteiger partial charge in [-0.25, -0.2) is 5.01 Å². The molecule has 0 bridgehead atoms. The second-order valence-corrected chi connectivity index (χ2v) is 9.19. The molecule has 0 saturated heterocycles. The van der Waals surface area contributed by atoms with E-state index in [0.717, 1.165) is 33.7 Å². The third-order valence-electron chi connectivity index (χ3n) is 5.16. The highest BCUT2D eigenvalue weighted by Crippen LogP contribution is 2.48. The number of methoxy groups -OCH3 is 1. The molecule has 0 spiro atoms. The summed E-state index contributed by atoms with van der Waals surface area (Å²) in [7, 11) is 1.68. The van der Waals surface area contributed by atoms with Gasteiger partial charge in [0.05, 0.1) is 23.7 Å². The van der Waals surface area contributed by atoms with E-state index in [1.165, 1.54) is 15.3 Å². The zero-order valence-electron chi connectivity index (χ0n) is 15.6. The molecule has 142 valence electrons. The maximum atomic E-state index is 6.42. The lowest BCUT2D eigenvalue weighted by Gasteiger charge is -2.38. The van der Waals surface area contributed by atoms with E-state index in [9.17, 15) is 0 Å². The Labute approximate surface area is 176 Å². The summed E-state index contributed by atoms with van der Waals surface area (Å²) in [6, 6.07) is 18.7. The predicted octanol–water partition coefficient (Wildman–Crippen LogP) is 6.07. The van der Waals surface area contributed by atoms with Crippen LogP contribution in [0, 0.1) is 6.92 Å². The minimum absolute atomic E-state index is 0.148. The third-order valence-corrected chi connectivity index (χ3v) is 6.70. The van der Waals surface area contributed by atoms with Gasteiger partial charge in [0.15, 0.2) is 0 Å². The number of hydrazone groups is 1. The molecular weight excluding hydrogens is 436 g/mol. The first-order valence-corrected chi connectivity index (χ1v) is 10.8.